The predicted octanol–water partition coefficient (Wildman–Crippen LogP) is 0.430. The lowest BCUT2D eigenvalue weighted by atomic mass is 10.2. The van der Waals surface area contributed by atoms with E-state index in [1.54, 1.807) is 13.1 Å². The molecule has 0 aromatic heterocycles. The first kappa shape index (κ1) is 15.4. The van der Waals surface area contributed by atoms with Crippen molar-refractivity contribution >= 4 is 12.0 Å². The number of nitrogens with zero attached hydrogens (tertiary/aromatic N) is 1. The number of carbonyl (C=O) groups is 2. The molecule has 6 heteroatoms. The van der Waals surface area contributed by atoms with Gasteiger partial charge in [0.2, 0.25) is 0 Å². The SMILES string of the molecule is C=CCCCN(C)C(=O)N[C@H](CCO)C(=O)O. The van der Waals surface area contributed by atoms with Crippen LogP contribution in [0.2, 0.25) is 0 Å². The van der Waals surface area contributed by atoms with Crippen LogP contribution in [0.15, 0.2) is 12.7 Å². The summed E-state index contributed by atoms with van der Waals surface area (Å²) in [7, 11) is 1.59. The first-order chi connectivity index (χ1) is 8.02. The fraction of sp³-hybridized carbons (Fsp3) is 0.636. The second-order valence-electron chi connectivity index (χ2n) is 3.71. The maximum Gasteiger partial charge on any atom is 0.326 e. The van der Waals surface area contributed by atoms with Crippen LogP contribution in [0.5, 0.6) is 0 Å². The van der Waals surface area contributed by atoms with Crippen LogP contribution in [-0.4, -0.2) is 53.4 Å². The van der Waals surface area contributed by atoms with E-state index in [4.69, 9.17) is 10.2 Å². The first-order valence-corrected chi connectivity index (χ1v) is 5.49. The van der Waals surface area contributed by atoms with Crippen molar-refractivity contribution in [2.24, 2.45) is 0 Å². The van der Waals surface area contributed by atoms with Gasteiger partial charge in [-0.05, 0) is 12.8 Å². The Bertz CT molecular complexity index is 268. The molecule has 0 radical (unpaired) electrons. The molecule has 1 atom stereocenters. The fourth-order valence-electron chi connectivity index (χ4n) is 1.22. The number of aliphatic carboxylic acids is 1. The highest BCUT2D eigenvalue weighted by Gasteiger charge is 2.20. The Morgan fingerprint density at radius 3 is 2.65 bits per heavy atom. The van der Waals surface area contributed by atoms with E-state index in [1.165, 1.54) is 4.90 Å². The van der Waals surface area contributed by atoms with E-state index in [0.29, 0.717) is 6.54 Å². The normalized spacial score (nSPS) is 11.6. The van der Waals surface area contributed by atoms with Crippen molar-refractivity contribution < 1.29 is 19.8 Å². The monoisotopic (exact) mass is 244 g/mol. The zero-order valence-electron chi connectivity index (χ0n) is 10.1. The highest BCUT2D eigenvalue weighted by Crippen LogP contribution is 1.97. The number of carbonyl (C=O) groups excluding carboxylic acids is 1. The fourth-order valence-corrected chi connectivity index (χ4v) is 1.22. The highest BCUT2D eigenvalue weighted by atomic mass is 16.4. The molecule has 0 aromatic carbocycles. The largest absolute Gasteiger partial charge is 0.480 e. The summed E-state index contributed by atoms with van der Waals surface area (Å²) in [6.45, 7) is 3.82. The molecule has 0 rings (SSSR count). The van der Waals surface area contributed by atoms with Gasteiger partial charge in [0.1, 0.15) is 6.04 Å². The molecule has 6 nitrogen and oxygen atoms in total. The van der Waals surface area contributed by atoms with E-state index < -0.39 is 18.0 Å². The Hall–Kier alpha value is -1.56. The van der Waals surface area contributed by atoms with Gasteiger partial charge >= 0.3 is 12.0 Å². The van der Waals surface area contributed by atoms with Crippen molar-refractivity contribution in [3.8, 4) is 0 Å². The van der Waals surface area contributed by atoms with Gasteiger partial charge in [-0.3, -0.25) is 0 Å². The van der Waals surface area contributed by atoms with Gasteiger partial charge in [-0.25, -0.2) is 9.59 Å². The minimum absolute atomic E-state index is 0.00156. The quantitative estimate of drug-likeness (QED) is 0.426. The Labute approximate surface area is 101 Å². The molecule has 0 fully saturated rings. The third-order valence-electron chi connectivity index (χ3n) is 2.26. The van der Waals surface area contributed by atoms with Crippen LogP contribution >= 0.6 is 0 Å². The van der Waals surface area contributed by atoms with Gasteiger partial charge in [-0.1, -0.05) is 6.08 Å². The van der Waals surface area contributed by atoms with Crippen LogP contribution in [0.3, 0.4) is 0 Å². The summed E-state index contributed by atoms with van der Waals surface area (Å²) in [5, 5.41) is 19.8. The molecule has 17 heavy (non-hydrogen) atoms. The molecule has 0 heterocycles. The number of aliphatic hydroxyl groups is 1. The summed E-state index contributed by atoms with van der Waals surface area (Å²) in [5.41, 5.74) is 0. The number of aliphatic hydroxyl groups excluding tert-OH is 1. The second-order valence-corrected chi connectivity index (χ2v) is 3.71. The predicted molar refractivity (Wildman–Crippen MR) is 63.7 cm³/mol. The highest BCUT2D eigenvalue weighted by molar-refractivity contribution is 5.82. The van der Waals surface area contributed by atoms with Crippen LogP contribution in [0.1, 0.15) is 19.3 Å². The molecule has 2 amide bonds. The first-order valence-electron chi connectivity index (χ1n) is 5.49. The third-order valence-corrected chi connectivity index (χ3v) is 2.26. The molecule has 0 saturated carbocycles. The van der Waals surface area contributed by atoms with E-state index in [0.717, 1.165) is 12.8 Å². The van der Waals surface area contributed by atoms with Crippen LogP contribution in [0.4, 0.5) is 4.79 Å². The van der Waals surface area contributed by atoms with Crippen molar-refractivity contribution in [2.75, 3.05) is 20.2 Å². The number of nitrogens with one attached hydrogen (secondary N) is 1. The Morgan fingerprint density at radius 2 is 2.18 bits per heavy atom. The standard InChI is InChI=1S/C11H20N2O4/c1-3-4-5-7-13(2)11(17)12-9(6-8-14)10(15)16/h3,9,14H,1,4-8H2,2H3,(H,12,17)(H,15,16)/t9-/m1/s1. The molecule has 0 aliphatic rings. The summed E-state index contributed by atoms with van der Waals surface area (Å²) in [6, 6.07) is -1.50. The zero-order chi connectivity index (χ0) is 13.3. The van der Waals surface area contributed by atoms with Gasteiger partial charge in [0, 0.05) is 26.6 Å². The molecule has 0 spiro atoms. The molecule has 0 unspecified atom stereocenters. The van der Waals surface area contributed by atoms with E-state index >= 15 is 0 Å². The smallest absolute Gasteiger partial charge is 0.326 e. The van der Waals surface area contributed by atoms with E-state index in [9.17, 15) is 9.59 Å². The summed E-state index contributed by atoms with van der Waals surface area (Å²) in [4.78, 5) is 23.7. The van der Waals surface area contributed by atoms with Gasteiger partial charge in [0.25, 0.3) is 0 Å². The summed E-state index contributed by atoms with van der Waals surface area (Å²) in [5.74, 6) is -1.15. The minimum Gasteiger partial charge on any atom is -0.480 e. The second kappa shape index (κ2) is 8.58. The van der Waals surface area contributed by atoms with Crippen molar-refractivity contribution in [2.45, 2.75) is 25.3 Å². The summed E-state index contributed by atoms with van der Waals surface area (Å²) < 4.78 is 0. The van der Waals surface area contributed by atoms with Gasteiger partial charge < -0.3 is 20.4 Å². The van der Waals surface area contributed by atoms with Gasteiger partial charge in [0.05, 0.1) is 0 Å². The van der Waals surface area contributed by atoms with Crippen molar-refractivity contribution in [3.63, 3.8) is 0 Å². The summed E-state index contributed by atoms with van der Waals surface area (Å²) >= 11 is 0. The lowest BCUT2D eigenvalue weighted by Gasteiger charge is -2.20. The zero-order valence-corrected chi connectivity index (χ0v) is 10.1. The van der Waals surface area contributed by atoms with Crippen LogP contribution in [-0.2, 0) is 4.79 Å². The molecular weight excluding hydrogens is 224 g/mol. The van der Waals surface area contributed by atoms with Crippen molar-refractivity contribution in [1.82, 2.24) is 10.2 Å². The molecule has 98 valence electrons. The van der Waals surface area contributed by atoms with Crippen molar-refractivity contribution in [3.05, 3.63) is 12.7 Å². The average Bonchev–Trinajstić information content (AvgIpc) is 2.28. The Balaban J connectivity index is 4.10. The van der Waals surface area contributed by atoms with E-state index in [1.807, 2.05) is 0 Å². The number of allylic oxidation sites excluding steroid dienone is 1. The Morgan fingerprint density at radius 1 is 1.53 bits per heavy atom. The average molecular weight is 244 g/mol. The number of amides is 2. The number of hydrogen-bond donors (Lipinski definition) is 3. The minimum atomic E-state index is -1.15. The molecule has 0 aromatic rings. The van der Waals surface area contributed by atoms with E-state index in [-0.39, 0.29) is 13.0 Å². The number of urea groups is 1. The third kappa shape index (κ3) is 6.57. The number of carboxylic acid groups (broad SMARTS) is 1. The topological polar surface area (TPSA) is 89.9 Å². The van der Waals surface area contributed by atoms with Crippen LogP contribution in [0, 0.1) is 0 Å². The van der Waals surface area contributed by atoms with Gasteiger partial charge in [0.15, 0.2) is 0 Å². The van der Waals surface area contributed by atoms with Crippen LogP contribution in [0.25, 0.3) is 0 Å². The summed E-state index contributed by atoms with van der Waals surface area (Å²) in [6.07, 6.45) is 3.35. The molecule has 0 bridgehead atoms. The van der Waals surface area contributed by atoms with Crippen molar-refractivity contribution in [1.29, 1.82) is 0 Å². The van der Waals surface area contributed by atoms with Gasteiger partial charge in [-0.2, -0.15) is 0 Å². The Kier molecular flexibility index (Phi) is 7.79. The molecular formula is C11H20N2O4. The lowest BCUT2D eigenvalue weighted by molar-refractivity contribution is -0.139. The van der Waals surface area contributed by atoms with E-state index in [2.05, 4.69) is 11.9 Å². The van der Waals surface area contributed by atoms with Gasteiger partial charge in [-0.15, -0.1) is 6.58 Å². The number of carboxylic acids is 1. The maximum atomic E-state index is 11.6. The maximum absolute atomic E-state index is 11.6. The molecule has 0 saturated heterocycles. The number of rotatable bonds is 8. The number of unbranched alkanes of at least 4 members (excludes halogenated alkanes) is 1. The molecule has 3 N–H and O–H groups in total. The lowest BCUT2D eigenvalue weighted by Crippen LogP contribution is -2.47. The molecule has 0 aliphatic heterocycles. The number of hydrogen-bond acceptors (Lipinski definition) is 3. The van der Waals surface area contributed by atoms with Crippen LogP contribution < -0.4 is 5.32 Å². The molecule has 0 aliphatic carbocycles.